The lowest BCUT2D eigenvalue weighted by Crippen LogP contribution is -2.22. The summed E-state index contributed by atoms with van der Waals surface area (Å²) in [5.41, 5.74) is 0.130. The minimum atomic E-state index is -0.293. The molecule has 0 aliphatic carbocycles. The minimum absolute atomic E-state index is 0.0764. The molecular weight excluding hydrogens is 144 g/mol. The van der Waals surface area contributed by atoms with E-state index in [1.807, 2.05) is 0 Å². The van der Waals surface area contributed by atoms with E-state index in [0.29, 0.717) is 10.4 Å². The molecule has 0 aliphatic rings. The summed E-state index contributed by atoms with van der Waals surface area (Å²) >= 11 is 0. The Balaban J connectivity index is 3.52. The van der Waals surface area contributed by atoms with Crippen molar-refractivity contribution in [3.05, 3.63) is 23.1 Å². The second kappa shape index (κ2) is 2.42. The molecule has 0 bridgehead atoms. The van der Waals surface area contributed by atoms with E-state index in [0.717, 1.165) is 0 Å². The Bertz CT molecular complexity index is 373. The van der Waals surface area contributed by atoms with Gasteiger partial charge in [0.15, 0.2) is 11.2 Å². The van der Waals surface area contributed by atoms with Crippen molar-refractivity contribution < 1.29 is 5.21 Å². The molecule has 0 saturated heterocycles. The second-order valence-corrected chi connectivity index (χ2v) is 2.04. The summed E-state index contributed by atoms with van der Waals surface area (Å²) in [4.78, 5) is 3.72. The maximum absolute atomic E-state index is 8.95. The molecule has 1 heterocycles. The van der Waals surface area contributed by atoms with Gasteiger partial charge in [-0.2, -0.15) is 9.99 Å². The van der Waals surface area contributed by atoms with Crippen LogP contribution in [0.1, 0.15) is 11.4 Å². The van der Waals surface area contributed by atoms with Crippen LogP contribution < -0.4 is 5.49 Å². The zero-order valence-corrected chi connectivity index (χ0v) is 5.87. The number of aromatic nitrogens is 2. The third-order valence-electron chi connectivity index (χ3n) is 1.16. The maximum Gasteiger partial charge on any atom is 0.197 e. The monoisotopic (exact) mass is 150 g/mol. The van der Waals surface area contributed by atoms with Crippen molar-refractivity contribution in [2.45, 2.75) is 6.92 Å². The molecule has 0 unspecified atom stereocenters. The molecule has 11 heavy (non-hydrogen) atoms. The fourth-order valence-electron chi connectivity index (χ4n) is 0.686. The third-order valence-corrected chi connectivity index (χ3v) is 1.16. The van der Waals surface area contributed by atoms with Crippen molar-refractivity contribution >= 4 is 0 Å². The number of aryl methyl sites for hydroxylation is 1. The SMILES string of the molecule is Cc1cn(O)c(=N)c(C#N)n1. The molecule has 0 spiro atoms. The Hall–Kier alpha value is -1.83. The second-order valence-electron chi connectivity index (χ2n) is 2.04. The van der Waals surface area contributed by atoms with Gasteiger partial charge in [-0.15, -0.1) is 0 Å². The molecule has 0 aromatic carbocycles. The van der Waals surface area contributed by atoms with Gasteiger partial charge < -0.3 is 5.21 Å². The van der Waals surface area contributed by atoms with E-state index in [2.05, 4.69) is 4.98 Å². The zero-order chi connectivity index (χ0) is 8.43. The molecule has 0 amide bonds. The maximum atomic E-state index is 8.95. The molecular formula is C6H6N4O. The summed E-state index contributed by atoms with van der Waals surface area (Å²) in [7, 11) is 0. The molecule has 1 aromatic rings. The zero-order valence-electron chi connectivity index (χ0n) is 5.87. The van der Waals surface area contributed by atoms with Crippen LogP contribution in [0.2, 0.25) is 0 Å². The van der Waals surface area contributed by atoms with Crippen molar-refractivity contribution in [2.75, 3.05) is 0 Å². The quantitative estimate of drug-likeness (QED) is 0.501. The number of nitrogens with one attached hydrogen (secondary N) is 1. The molecule has 0 saturated carbocycles. The van der Waals surface area contributed by atoms with Gasteiger partial charge >= 0.3 is 0 Å². The van der Waals surface area contributed by atoms with Gasteiger partial charge in [0.05, 0.1) is 11.9 Å². The summed E-state index contributed by atoms with van der Waals surface area (Å²) in [6.45, 7) is 1.63. The Morgan fingerprint density at radius 3 is 3.00 bits per heavy atom. The van der Waals surface area contributed by atoms with E-state index in [-0.39, 0.29) is 11.2 Å². The predicted molar refractivity (Wildman–Crippen MR) is 34.7 cm³/mol. The first-order chi connectivity index (χ1) is 5.15. The number of hydrogen-bond donors (Lipinski definition) is 2. The van der Waals surface area contributed by atoms with Gasteiger partial charge in [-0.3, -0.25) is 5.41 Å². The minimum Gasteiger partial charge on any atom is -0.427 e. The van der Waals surface area contributed by atoms with Gasteiger partial charge in [-0.05, 0) is 6.92 Å². The molecule has 0 radical (unpaired) electrons. The molecule has 56 valence electrons. The van der Waals surface area contributed by atoms with Crippen LogP contribution in [-0.2, 0) is 0 Å². The molecule has 0 fully saturated rings. The lowest BCUT2D eigenvalue weighted by Gasteiger charge is -1.98. The Kier molecular flexibility index (Phi) is 1.60. The highest BCUT2D eigenvalue weighted by atomic mass is 16.5. The number of hydrogen-bond acceptors (Lipinski definition) is 4. The van der Waals surface area contributed by atoms with Crippen molar-refractivity contribution in [1.82, 2.24) is 9.71 Å². The highest BCUT2D eigenvalue weighted by molar-refractivity contribution is 5.16. The van der Waals surface area contributed by atoms with E-state index in [1.165, 1.54) is 6.20 Å². The van der Waals surface area contributed by atoms with Crippen molar-refractivity contribution in [3.8, 4) is 6.07 Å². The Morgan fingerprint density at radius 1 is 1.82 bits per heavy atom. The van der Waals surface area contributed by atoms with Crippen LogP contribution in [0.4, 0.5) is 0 Å². The standard InChI is InChI=1S/C6H6N4O/c1-4-3-10(11)6(8)5(2-7)9-4/h3,8,11H,1H3. The van der Waals surface area contributed by atoms with Crippen LogP contribution in [0, 0.1) is 23.7 Å². The predicted octanol–water partition coefficient (Wildman–Crippen LogP) is -0.220. The van der Waals surface area contributed by atoms with Gasteiger partial charge in [0, 0.05) is 0 Å². The van der Waals surface area contributed by atoms with Gasteiger partial charge in [-0.25, -0.2) is 4.98 Å². The molecule has 0 atom stereocenters. The number of nitriles is 1. The van der Waals surface area contributed by atoms with Crippen molar-refractivity contribution in [3.63, 3.8) is 0 Å². The molecule has 2 N–H and O–H groups in total. The first-order valence-corrected chi connectivity index (χ1v) is 2.89. The third kappa shape index (κ3) is 1.19. The van der Waals surface area contributed by atoms with Crippen LogP contribution in [0.3, 0.4) is 0 Å². The summed E-state index contributed by atoms with van der Waals surface area (Å²) in [5, 5.41) is 24.5. The topological polar surface area (TPSA) is 85.7 Å². The highest BCUT2D eigenvalue weighted by Gasteiger charge is 1.99. The van der Waals surface area contributed by atoms with E-state index in [4.69, 9.17) is 15.9 Å². The molecule has 5 heteroatoms. The first kappa shape index (κ1) is 7.28. The average molecular weight is 150 g/mol. The van der Waals surface area contributed by atoms with Gasteiger partial charge in [-0.1, -0.05) is 0 Å². The van der Waals surface area contributed by atoms with Crippen LogP contribution in [0.5, 0.6) is 0 Å². The van der Waals surface area contributed by atoms with Crippen LogP contribution in [0.15, 0.2) is 6.20 Å². The summed E-state index contributed by atoms with van der Waals surface area (Å²) in [6.07, 6.45) is 1.27. The summed E-state index contributed by atoms with van der Waals surface area (Å²) in [5.74, 6) is 0. The molecule has 1 rings (SSSR count). The smallest absolute Gasteiger partial charge is 0.197 e. The van der Waals surface area contributed by atoms with Crippen LogP contribution >= 0.6 is 0 Å². The average Bonchev–Trinajstić information content (AvgIpc) is 1.96. The first-order valence-electron chi connectivity index (χ1n) is 2.89. The van der Waals surface area contributed by atoms with E-state index < -0.39 is 0 Å². The van der Waals surface area contributed by atoms with E-state index >= 15 is 0 Å². The van der Waals surface area contributed by atoms with E-state index in [9.17, 15) is 0 Å². The van der Waals surface area contributed by atoms with Gasteiger partial charge in [0.1, 0.15) is 6.07 Å². The lowest BCUT2D eigenvalue weighted by molar-refractivity contribution is 0.168. The van der Waals surface area contributed by atoms with Gasteiger partial charge in [0.25, 0.3) is 0 Å². The van der Waals surface area contributed by atoms with E-state index in [1.54, 1.807) is 13.0 Å². The number of nitrogens with zero attached hydrogens (tertiary/aromatic N) is 3. The van der Waals surface area contributed by atoms with Crippen molar-refractivity contribution in [2.24, 2.45) is 0 Å². The lowest BCUT2D eigenvalue weighted by atomic mass is 10.4. The fraction of sp³-hybridized carbons (Fsp3) is 0.167. The normalized spacial score (nSPS) is 9.09. The van der Waals surface area contributed by atoms with Crippen LogP contribution in [-0.4, -0.2) is 14.9 Å². The fourth-order valence-corrected chi connectivity index (χ4v) is 0.686. The summed E-state index contributed by atoms with van der Waals surface area (Å²) in [6, 6.07) is 1.70. The Morgan fingerprint density at radius 2 is 2.45 bits per heavy atom. The van der Waals surface area contributed by atoms with Gasteiger partial charge in [0.2, 0.25) is 0 Å². The molecule has 5 nitrogen and oxygen atoms in total. The Labute approximate surface area is 62.6 Å². The largest absolute Gasteiger partial charge is 0.427 e. The highest BCUT2D eigenvalue weighted by Crippen LogP contribution is 1.88. The van der Waals surface area contributed by atoms with Crippen molar-refractivity contribution in [1.29, 1.82) is 10.7 Å². The summed E-state index contributed by atoms with van der Waals surface area (Å²) < 4.78 is 0.570. The molecule has 0 aliphatic heterocycles. The number of rotatable bonds is 0. The van der Waals surface area contributed by atoms with Crippen LogP contribution in [0.25, 0.3) is 0 Å². The molecule has 1 aromatic heterocycles.